The molecule has 19 heavy (non-hydrogen) atoms. The van der Waals surface area contributed by atoms with Crippen LogP contribution in [0, 0.1) is 0 Å². The Bertz CT molecular complexity index is 572. The van der Waals surface area contributed by atoms with Crippen molar-refractivity contribution in [3.8, 4) is 0 Å². The molecule has 2 unspecified atom stereocenters. The van der Waals surface area contributed by atoms with E-state index in [-0.39, 0.29) is 20.5 Å². The van der Waals surface area contributed by atoms with Gasteiger partial charge in [0.25, 0.3) is 0 Å². The number of sulfonamides is 1. The first-order valence-electron chi connectivity index (χ1n) is 5.77. The van der Waals surface area contributed by atoms with Crippen molar-refractivity contribution in [2.45, 2.75) is 29.2 Å². The van der Waals surface area contributed by atoms with Crippen LogP contribution in [-0.4, -0.2) is 41.3 Å². The molecule has 2 heterocycles. The van der Waals surface area contributed by atoms with E-state index < -0.39 is 10.0 Å². The van der Waals surface area contributed by atoms with Crippen LogP contribution >= 0.6 is 39.3 Å². The van der Waals surface area contributed by atoms with Gasteiger partial charge in [0, 0.05) is 34.3 Å². The number of rotatable bonds is 2. The van der Waals surface area contributed by atoms with Crippen molar-refractivity contribution in [1.29, 1.82) is 0 Å². The molecule has 2 atom stereocenters. The summed E-state index contributed by atoms with van der Waals surface area (Å²) < 4.78 is 27.3. The maximum absolute atomic E-state index is 12.6. The molecule has 106 valence electrons. The molecule has 0 radical (unpaired) electrons. The molecule has 0 amide bonds. The van der Waals surface area contributed by atoms with Gasteiger partial charge in [-0.3, -0.25) is 0 Å². The van der Waals surface area contributed by atoms with Crippen LogP contribution < -0.4 is 0 Å². The molecule has 1 aromatic rings. The van der Waals surface area contributed by atoms with E-state index in [0.29, 0.717) is 17.6 Å². The van der Waals surface area contributed by atoms with Gasteiger partial charge in [-0.15, -0.1) is 0 Å². The van der Waals surface area contributed by atoms with E-state index in [0.717, 1.165) is 0 Å². The Labute approximate surface area is 131 Å². The van der Waals surface area contributed by atoms with Crippen LogP contribution in [0.1, 0.15) is 13.8 Å². The lowest BCUT2D eigenvalue weighted by Crippen LogP contribution is -2.44. The highest BCUT2D eigenvalue weighted by molar-refractivity contribution is 9.10. The van der Waals surface area contributed by atoms with Gasteiger partial charge < -0.3 is 0 Å². The van der Waals surface area contributed by atoms with Gasteiger partial charge in [-0.05, 0) is 22.0 Å². The third kappa shape index (κ3) is 3.44. The van der Waals surface area contributed by atoms with Crippen molar-refractivity contribution >= 4 is 49.3 Å². The number of pyridine rings is 1. The molecule has 1 aliphatic heterocycles. The van der Waals surface area contributed by atoms with E-state index in [1.54, 1.807) is 11.8 Å². The summed E-state index contributed by atoms with van der Waals surface area (Å²) >= 11 is 11.0. The zero-order chi connectivity index (χ0) is 14.2. The number of thioether (sulfide) groups is 1. The first-order chi connectivity index (χ1) is 8.80. The van der Waals surface area contributed by atoms with Crippen molar-refractivity contribution in [1.82, 2.24) is 9.29 Å². The quantitative estimate of drug-likeness (QED) is 0.734. The fraction of sp³-hybridized carbons (Fsp3) is 0.545. The highest BCUT2D eigenvalue weighted by Crippen LogP contribution is 2.31. The third-order valence-corrected chi connectivity index (χ3v) is 6.70. The summed E-state index contributed by atoms with van der Waals surface area (Å²) in [5.41, 5.74) is 0. The zero-order valence-electron chi connectivity index (χ0n) is 10.5. The number of hydrogen-bond acceptors (Lipinski definition) is 4. The minimum atomic E-state index is -3.59. The molecule has 0 aliphatic carbocycles. The first-order valence-corrected chi connectivity index (χ1v) is 9.32. The van der Waals surface area contributed by atoms with Crippen molar-refractivity contribution < 1.29 is 8.42 Å². The van der Waals surface area contributed by atoms with Gasteiger partial charge in [0.05, 0.1) is 0 Å². The lowest BCUT2D eigenvalue weighted by molar-refractivity contribution is 0.404. The topological polar surface area (TPSA) is 50.3 Å². The van der Waals surface area contributed by atoms with Crippen LogP contribution in [0.15, 0.2) is 21.6 Å². The summed E-state index contributed by atoms with van der Waals surface area (Å²) in [6, 6.07) is 1.50. The van der Waals surface area contributed by atoms with Gasteiger partial charge in [-0.2, -0.15) is 16.1 Å². The lowest BCUT2D eigenvalue weighted by atomic mass is 10.4. The van der Waals surface area contributed by atoms with E-state index in [1.807, 2.05) is 13.8 Å². The number of nitrogens with zero attached hydrogens (tertiary/aromatic N) is 2. The normalized spacial score (nSPS) is 25.5. The minimum absolute atomic E-state index is 0.0155. The fourth-order valence-electron chi connectivity index (χ4n) is 2.05. The molecule has 1 aliphatic rings. The number of hydrogen-bond donors (Lipinski definition) is 0. The summed E-state index contributed by atoms with van der Waals surface area (Å²) in [6.45, 7) is 5.06. The van der Waals surface area contributed by atoms with Crippen molar-refractivity contribution in [3.63, 3.8) is 0 Å². The van der Waals surface area contributed by atoms with Gasteiger partial charge in [0.2, 0.25) is 10.0 Å². The van der Waals surface area contributed by atoms with Crippen molar-refractivity contribution in [2.75, 3.05) is 13.1 Å². The summed E-state index contributed by atoms with van der Waals surface area (Å²) in [5, 5.41) is 0.566. The first kappa shape index (κ1) is 15.6. The summed E-state index contributed by atoms with van der Waals surface area (Å²) in [7, 11) is -3.59. The monoisotopic (exact) mass is 384 g/mol. The van der Waals surface area contributed by atoms with Crippen LogP contribution in [0.3, 0.4) is 0 Å². The highest BCUT2D eigenvalue weighted by Gasteiger charge is 2.33. The van der Waals surface area contributed by atoms with Crippen LogP contribution in [0.2, 0.25) is 5.15 Å². The molecule has 1 fully saturated rings. The SMILES string of the molecule is CC1CN(S(=O)(=O)c2cc(Br)cnc2Cl)CC(C)S1. The maximum atomic E-state index is 12.6. The molecule has 0 spiro atoms. The van der Waals surface area contributed by atoms with Crippen LogP contribution in [0.5, 0.6) is 0 Å². The number of aromatic nitrogens is 1. The van der Waals surface area contributed by atoms with E-state index in [4.69, 9.17) is 11.6 Å². The summed E-state index contributed by atoms with van der Waals surface area (Å²) in [5.74, 6) is 0. The second kappa shape index (κ2) is 5.89. The molecule has 4 nitrogen and oxygen atoms in total. The number of halogens is 2. The third-order valence-electron chi connectivity index (χ3n) is 2.78. The standard InChI is InChI=1S/C11H14BrClN2O2S2/c1-7-5-15(6-8(2)18-7)19(16,17)10-3-9(12)4-14-11(10)13/h3-4,7-8H,5-6H2,1-2H3. The Kier molecular flexibility index (Phi) is 4.83. The van der Waals surface area contributed by atoms with E-state index in [2.05, 4.69) is 20.9 Å². The molecule has 8 heteroatoms. The predicted molar refractivity (Wildman–Crippen MR) is 82.2 cm³/mol. The molecule has 0 aromatic carbocycles. The Balaban J connectivity index is 2.39. The molecule has 0 saturated carbocycles. The van der Waals surface area contributed by atoms with Crippen LogP contribution in [0.25, 0.3) is 0 Å². The molecule has 2 rings (SSSR count). The second-order valence-corrected chi connectivity index (χ2v) is 9.58. The molecule has 1 saturated heterocycles. The van der Waals surface area contributed by atoms with E-state index >= 15 is 0 Å². The molecule has 1 aromatic heterocycles. The molecule has 0 bridgehead atoms. The van der Waals surface area contributed by atoms with Gasteiger partial charge in [-0.25, -0.2) is 13.4 Å². The Morgan fingerprint density at radius 2 is 2.00 bits per heavy atom. The largest absolute Gasteiger partial charge is 0.246 e. The maximum Gasteiger partial charge on any atom is 0.246 e. The molecular weight excluding hydrogens is 372 g/mol. The lowest BCUT2D eigenvalue weighted by Gasteiger charge is -2.33. The smallest absolute Gasteiger partial charge is 0.242 e. The zero-order valence-corrected chi connectivity index (χ0v) is 14.5. The minimum Gasteiger partial charge on any atom is -0.242 e. The van der Waals surface area contributed by atoms with Gasteiger partial charge in [-0.1, -0.05) is 25.4 Å². The Hall–Kier alpha value is 0.180. The fourth-order valence-corrected chi connectivity index (χ4v) is 6.10. The average molecular weight is 386 g/mol. The van der Waals surface area contributed by atoms with Gasteiger partial charge in [0.1, 0.15) is 10.0 Å². The second-order valence-electron chi connectivity index (χ2n) is 4.52. The predicted octanol–water partition coefficient (Wildman–Crippen LogP) is 3.01. The van der Waals surface area contributed by atoms with Crippen LogP contribution in [0.4, 0.5) is 0 Å². The average Bonchev–Trinajstić information content (AvgIpc) is 2.31. The van der Waals surface area contributed by atoms with Crippen molar-refractivity contribution in [2.24, 2.45) is 0 Å². The Morgan fingerprint density at radius 3 is 2.58 bits per heavy atom. The highest BCUT2D eigenvalue weighted by atomic mass is 79.9. The van der Waals surface area contributed by atoms with Crippen LogP contribution in [-0.2, 0) is 10.0 Å². The summed E-state index contributed by atoms with van der Waals surface area (Å²) in [4.78, 5) is 3.95. The van der Waals surface area contributed by atoms with Crippen molar-refractivity contribution in [3.05, 3.63) is 21.9 Å². The Morgan fingerprint density at radius 1 is 1.42 bits per heavy atom. The summed E-state index contributed by atoms with van der Waals surface area (Å²) in [6.07, 6.45) is 1.48. The van der Waals surface area contributed by atoms with Gasteiger partial charge >= 0.3 is 0 Å². The molecule has 0 N–H and O–H groups in total. The van der Waals surface area contributed by atoms with Gasteiger partial charge in [0.15, 0.2) is 0 Å². The van der Waals surface area contributed by atoms with E-state index in [1.165, 1.54) is 16.6 Å². The molecular formula is C11H14BrClN2O2S2. The van der Waals surface area contributed by atoms with E-state index in [9.17, 15) is 8.42 Å².